The van der Waals surface area contributed by atoms with Gasteiger partial charge in [0.2, 0.25) is 17.7 Å². The van der Waals surface area contributed by atoms with E-state index < -0.39 is 0 Å². The summed E-state index contributed by atoms with van der Waals surface area (Å²) < 4.78 is 0. The number of carbonyl (C=O) groups excluding carboxylic acids is 3. The molecule has 3 amide bonds. The van der Waals surface area contributed by atoms with Crippen molar-refractivity contribution in [1.82, 2.24) is 4.90 Å². The lowest BCUT2D eigenvalue weighted by Crippen LogP contribution is -2.26. The average Bonchev–Trinajstić information content (AvgIpc) is 2.89. The standard InChI is InChI=1S/C20H18N2O3S/c1-22-19(24)13-17(20(22)25)26-16-10-8-15(9-11-16)21-18(23)12-7-14-5-3-2-4-6-14/h2-12,17H,13H2,1H3,(H,21,23)/b12-7+. The van der Waals surface area contributed by atoms with E-state index in [-0.39, 0.29) is 29.4 Å². The van der Waals surface area contributed by atoms with Crippen LogP contribution in [0.5, 0.6) is 0 Å². The first kappa shape index (κ1) is 17.9. The molecular formula is C20H18N2O3S. The maximum Gasteiger partial charge on any atom is 0.248 e. The van der Waals surface area contributed by atoms with Crippen LogP contribution in [0.4, 0.5) is 5.69 Å². The monoisotopic (exact) mass is 366 g/mol. The number of amides is 3. The van der Waals surface area contributed by atoms with Crippen molar-refractivity contribution in [2.24, 2.45) is 0 Å². The van der Waals surface area contributed by atoms with Crippen molar-refractivity contribution in [1.29, 1.82) is 0 Å². The van der Waals surface area contributed by atoms with Crippen molar-refractivity contribution in [3.05, 3.63) is 66.2 Å². The first-order valence-corrected chi connectivity index (χ1v) is 9.02. The summed E-state index contributed by atoms with van der Waals surface area (Å²) in [6, 6.07) is 16.8. The topological polar surface area (TPSA) is 66.5 Å². The Kier molecular flexibility index (Phi) is 5.53. The molecular weight excluding hydrogens is 348 g/mol. The summed E-state index contributed by atoms with van der Waals surface area (Å²) in [5, 5.41) is 2.42. The SMILES string of the molecule is CN1C(=O)CC(Sc2ccc(NC(=O)/C=C/c3ccccc3)cc2)C1=O. The molecule has 2 aromatic rings. The van der Waals surface area contributed by atoms with Crippen LogP contribution in [0.25, 0.3) is 6.08 Å². The Morgan fingerprint density at radius 3 is 2.42 bits per heavy atom. The van der Waals surface area contributed by atoms with E-state index in [2.05, 4.69) is 5.32 Å². The van der Waals surface area contributed by atoms with E-state index in [1.54, 1.807) is 18.2 Å². The molecule has 1 aliphatic rings. The maximum atomic E-state index is 12.0. The molecule has 6 heteroatoms. The number of thioether (sulfide) groups is 1. The normalized spacial score (nSPS) is 17.1. The van der Waals surface area contributed by atoms with Crippen LogP contribution in [0.1, 0.15) is 12.0 Å². The highest BCUT2D eigenvalue weighted by Gasteiger charge is 2.36. The van der Waals surface area contributed by atoms with Gasteiger partial charge in [0.15, 0.2) is 0 Å². The predicted molar refractivity (Wildman–Crippen MR) is 103 cm³/mol. The van der Waals surface area contributed by atoms with Gasteiger partial charge in [-0.25, -0.2) is 0 Å². The van der Waals surface area contributed by atoms with E-state index in [9.17, 15) is 14.4 Å². The molecule has 3 rings (SSSR count). The van der Waals surface area contributed by atoms with E-state index in [1.165, 1.54) is 29.8 Å². The summed E-state index contributed by atoms with van der Waals surface area (Å²) in [4.78, 5) is 37.5. The van der Waals surface area contributed by atoms with E-state index in [1.807, 2.05) is 42.5 Å². The Morgan fingerprint density at radius 2 is 1.81 bits per heavy atom. The molecule has 0 aromatic heterocycles. The molecule has 0 aliphatic carbocycles. The third-order valence-electron chi connectivity index (χ3n) is 3.97. The first-order valence-electron chi connectivity index (χ1n) is 8.14. The molecule has 0 bridgehead atoms. The van der Waals surface area contributed by atoms with E-state index in [4.69, 9.17) is 0 Å². The lowest BCUT2D eigenvalue weighted by molar-refractivity contribution is -0.136. The molecule has 1 atom stereocenters. The van der Waals surface area contributed by atoms with Gasteiger partial charge in [0.05, 0.1) is 5.25 Å². The van der Waals surface area contributed by atoms with Crippen molar-refractivity contribution in [2.45, 2.75) is 16.6 Å². The van der Waals surface area contributed by atoms with E-state index >= 15 is 0 Å². The minimum atomic E-state index is -0.373. The second-order valence-corrected chi connectivity index (χ2v) is 7.14. The number of benzene rings is 2. The van der Waals surface area contributed by atoms with Gasteiger partial charge in [-0.3, -0.25) is 19.3 Å². The van der Waals surface area contributed by atoms with Gasteiger partial charge in [-0.05, 0) is 35.9 Å². The molecule has 1 saturated heterocycles. The van der Waals surface area contributed by atoms with E-state index in [0.29, 0.717) is 5.69 Å². The van der Waals surface area contributed by atoms with Gasteiger partial charge in [-0.15, -0.1) is 11.8 Å². The average molecular weight is 366 g/mol. The van der Waals surface area contributed by atoms with Crippen LogP contribution in [0.3, 0.4) is 0 Å². The molecule has 2 aromatic carbocycles. The summed E-state index contributed by atoms with van der Waals surface area (Å²) in [7, 11) is 1.51. The van der Waals surface area contributed by atoms with Crippen LogP contribution in [0.2, 0.25) is 0 Å². The molecule has 0 spiro atoms. The fourth-order valence-corrected chi connectivity index (χ4v) is 3.62. The summed E-state index contributed by atoms with van der Waals surface area (Å²) in [5.41, 5.74) is 1.62. The summed E-state index contributed by atoms with van der Waals surface area (Å²) in [6.07, 6.45) is 3.46. The predicted octanol–water partition coefficient (Wildman–Crippen LogP) is 3.19. The molecule has 0 radical (unpaired) electrons. The number of rotatable bonds is 5. The number of nitrogens with one attached hydrogen (secondary N) is 1. The summed E-state index contributed by atoms with van der Waals surface area (Å²) >= 11 is 1.36. The smallest absolute Gasteiger partial charge is 0.248 e. The molecule has 1 fully saturated rings. The number of anilines is 1. The highest BCUT2D eigenvalue weighted by molar-refractivity contribution is 8.00. The zero-order valence-electron chi connectivity index (χ0n) is 14.2. The largest absolute Gasteiger partial charge is 0.323 e. The van der Waals surface area contributed by atoms with Gasteiger partial charge in [0, 0.05) is 30.1 Å². The third kappa shape index (κ3) is 4.40. The number of imide groups is 1. The zero-order valence-corrected chi connectivity index (χ0v) is 15.0. The minimum Gasteiger partial charge on any atom is -0.323 e. The number of carbonyl (C=O) groups is 3. The van der Waals surface area contributed by atoms with Gasteiger partial charge in [-0.1, -0.05) is 30.3 Å². The van der Waals surface area contributed by atoms with Gasteiger partial charge >= 0.3 is 0 Å². The second-order valence-electron chi connectivity index (χ2n) is 5.86. The molecule has 1 N–H and O–H groups in total. The van der Waals surface area contributed by atoms with Crippen molar-refractivity contribution < 1.29 is 14.4 Å². The Balaban J connectivity index is 1.56. The lowest BCUT2D eigenvalue weighted by Gasteiger charge is -2.09. The van der Waals surface area contributed by atoms with Crippen LogP contribution in [-0.2, 0) is 14.4 Å². The fourth-order valence-electron chi connectivity index (χ4n) is 2.51. The van der Waals surface area contributed by atoms with Crippen molar-refractivity contribution >= 4 is 41.2 Å². The highest BCUT2D eigenvalue weighted by atomic mass is 32.2. The molecule has 1 aliphatic heterocycles. The number of likely N-dealkylation sites (tertiary alicyclic amines) is 1. The fraction of sp³-hybridized carbons (Fsp3) is 0.150. The summed E-state index contributed by atoms with van der Waals surface area (Å²) in [6.45, 7) is 0. The van der Waals surface area contributed by atoms with Crippen molar-refractivity contribution in [3.8, 4) is 0 Å². The first-order chi connectivity index (χ1) is 12.5. The molecule has 26 heavy (non-hydrogen) atoms. The Labute approximate surface area is 156 Å². The van der Waals surface area contributed by atoms with Crippen molar-refractivity contribution in [3.63, 3.8) is 0 Å². The van der Waals surface area contributed by atoms with Gasteiger partial charge in [0.1, 0.15) is 0 Å². The van der Waals surface area contributed by atoms with Crippen LogP contribution < -0.4 is 5.32 Å². The van der Waals surface area contributed by atoms with Gasteiger partial charge in [-0.2, -0.15) is 0 Å². The lowest BCUT2D eigenvalue weighted by atomic mass is 10.2. The van der Waals surface area contributed by atoms with Crippen LogP contribution >= 0.6 is 11.8 Å². The Morgan fingerprint density at radius 1 is 1.12 bits per heavy atom. The van der Waals surface area contributed by atoms with Crippen LogP contribution in [0.15, 0.2) is 65.6 Å². The quantitative estimate of drug-likeness (QED) is 0.652. The third-order valence-corrected chi connectivity index (χ3v) is 5.16. The Hall–Kier alpha value is -2.86. The van der Waals surface area contributed by atoms with Crippen LogP contribution in [-0.4, -0.2) is 34.9 Å². The van der Waals surface area contributed by atoms with Gasteiger partial charge < -0.3 is 5.32 Å². The van der Waals surface area contributed by atoms with E-state index in [0.717, 1.165) is 10.5 Å². The zero-order chi connectivity index (χ0) is 18.5. The van der Waals surface area contributed by atoms with Gasteiger partial charge in [0.25, 0.3) is 0 Å². The number of hydrogen-bond donors (Lipinski definition) is 1. The minimum absolute atomic E-state index is 0.151. The van der Waals surface area contributed by atoms with Crippen LogP contribution in [0, 0.1) is 0 Å². The molecule has 1 heterocycles. The molecule has 0 saturated carbocycles. The molecule has 1 unspecified atom stereocenters. The number of hydrogen-bond acceptors (Lipinski definition) is 4. The summed E-state index contributed by atoms with van der Waals surface area (Å²) in [5.74, 6) is -0.530. The van der Waals surface area contributed by atoms with Crippen molar-refractivity contribution in [2.75, 3.05) is 12.4 Å². The Bertz CT molecular complexity index is 847. The molecule has 132 valence electrons. The highest BCUT2D eigenvalue weighted by Crippen LogP contribution is 2.31. The maximum absolute atomic E-state index is 12.0. The molecule has 5 nitrogen and oxygen atoms in total. The number of nitrogens with zero attached hydrogens (tertiary/aromatic N) is 1. The second kappa shape index (κ2) is 8.01.